The first-order chi connectivity index (χ1) is 9.22. The number of pyridine rings is 1. The smallest absolute Gasteiger partial charge is 0.172 e. The lowest BCUT2D eigenvalue weighted by Gasteiger charge is -1.98. The van der Waals surface area contributed by atoms with Crippen LogP contribution in [-0.2, 0) is 0 Å². The van der Waals surface area contributed by atoms with Gasteiger partial charge in [-0.1, -0.05) is 12.1 Å². The van der Waals surface area contributed by atoms with Gasteiger partial charge in [0.05, 0.1) is 11.0 Å². The third-order valence-corrected chi connectivity index (χ3v) is 3.55. The number of nitrogens with zero attached hydrogens (tertiary/aromatic N) is 2. The first-order valence-electron chi connectivity index (χ1n) is 5.82. The number of H-pyrrole nitrogens is 1. The van der Waals surface area contributed by atoms with Crippen LogP contribution >= 0.6 is 11.8 Å². The number of hydrogen-bond acceptors (Lipinski definition) is 4. The Labute approximate surface area is 114 Å². The molecular formula is C14H11N3OS. The van der Waals surface area contributed by atoms with Gasteiger partial charge < -0.3 is 4.98 Å². The maximum Gasteiger partial charge on any atom is 0.172 e. The summed E-state index contributed by atoms with van der Waals surface area (Å²) >= 11 is 1.44. The maximum absolute atomic E-state index is 11.2. The molecule has 0 atom stereocenters. The maximum atomic E-state index is 11.2. The Morgan fingerprint density at radius 2 is 2.05 bits per heavy atom. The average Bonchev–Trinajstić information content (AvgIpc) is 2.81. The molecular weight excluding hydrogens is 258 g/mol. The van der Waals surface area contributed by atoms with E-state index in [0.717, 1.165) is 21.2 Å². The van der Waals surface area contributed by atoms with Crippen molar-refractivity contribution in [2.45, 2.75) is 17.1 Å². The van der Waals surface area contributed by atoms with Crippen molar-refractivity contribution in [3.63, 3.8) is 0 Å². The van der Waals surface area contributed by atoms with Gasteiger partial charge in [-0.25, -0.2) is 9.97 Å². The quantitative estimate of drug-likeness (QED) is 0.741. The van der Waals surface area contributed by atoms with Gasteiger partial charge in [0, 0.05) is 11.8 Å². The number of aromatic amines is 1. The molecule has 0 amide bonds. The molecule has 4 nitrogen and oxygen atoms in total. The summed E-state index contributed by atoms with van der Waals surface area (Å²) in [5.41, 5.74) is 2.56. The molecule has 0 radical (unpaired) electrons. The fourth-order valence-corrected chi connectivity index (χ4v) is 2.47. The van der Waals surface area contributed by atoms with E-state index < -0.39 is 0 Å². The number of ketones is 1. The van der Waals surface area contributed by atoms with Crippen LogP contribution in [0.4, 0.5) is 0 Å². The molecule has 0 bridgehead atoms. The highest BCUT2D eigenvalue weighted by Crippen LogP contribution is 2.25. The fraction of sp³-hybridized carbons (Fsp3) is 0.0714. The number of imidazole rings is 1. The molecule has 0 aliphatic rings. The second kappa shape index (κ2) is 4.85. The lowest BCUT2D eigenvalue weighted by atomic mass is 10.2. The van der Waals surface area contributed by atoms with E-state index in [0.29, 0.717) is 5.56 Å². The van der Waals surface area contributed by atoms with Gasteiger partial charge in [-0.05, 0) is 43.0 Å². The predicted octanol–water partition coefficient (Wildman–Crippen LogP) is 3.31. The molecule has 0 fully saturated rings. The number of fused-ring (bicyclic) bond motifs is 1. The van der Waals surface area contributed by atoms with Gasteiger partial charge in [-0.3, -0.25) is 4.79 Å². The Balaban J connectivity index is 1.86. The number of hydrogen-bond donors (Lipinski definition) is 1. The summed E-state index contributed by atoms with van der Waals surface area (Å²) in [6.45, 7) is 1.53. The van der Waals surface area contributed by atoms with E-state index in [2.05, 4.69) is 15.0 Å². The lowest BCUT2D eigenvalue weighted by Crippen LogP contribution is -1.92. The summed E-state index contributed by atoms with van der Waals surface area (Å²) in [6, 6.07) is 11.5. The normalized spacial score (nSPS) is 10.8. The third kappa shape index (κ3) is 2.51. The molecule has 0 spiro atoms. The van der Waals surface area contributed by atoms with Crippen LogP contribution in [-0.4, -0.2) is 20.7 Å². The van der Waals surface area contributed by atoms with E-state index in [9.17, 15) is 4.79 Å². The van der Waals surface area contributed by atoms with Crippen LogP contribution in [0, 0.1) is 0 Å². The molecule has 19 heavy (non-hydrogen) atoms. The zero-order valence-electron chi connectivity index (χ0n) is 10.3. The van der Waals surface area contributed by atoms with E-state index in [1.165, 1.54) is 18.7 Å². The van der Waals surface area contributed by atoms with Crippen molar-refractivity contribution in [3.05, 3.63) is 48.2 Å². The highest BCUT2D eigenvalue weighted by Gasteiger charge is 2.06. The topological polar surface area (TPSA) is 58.6 Å². The highest BCUT2D eigenvalue weighted by molar-refractivity contribution is 7.99. The van der Waals surface area contributed by atoms with Gasteiger partial charge in [-0.2, -0.15) is 0 Å². The first-order valence-corrected chi connectivity index (χ1v) is 6.63. The van der Waals surface area contributed by atoms with Crippen LogP contribution in [0.1, 0.15) is 17.3 Å². The molecule has 1 N–H and O–H groups in total. The average molecular weight is 269 g/mol. The summed E-state index contributed by atoms with van der Waals surface area (Å²) < 4.78 is 0. The zero-order chi connectivity index (χ0) is 13.2. The number of carbonyl (C=O) groups excluding carboxylic acids is 1. The van der Waals surface area contributed by atoms with Crippen LogP contribution in [0.25, 0.3) is 11.0 Å². The Morgan fingerprint density at radius 3 is 2.74 bits per heavy atom. The number of benzene rings is 1. The standard InChI is InChI=1S/C14H11N3OS/c1-9(18)10-6-7-13(15-8-10)19-14-16-11-4-2-3-5-12(11)17-14/h2-8H,1H3,(H,16,17). The molecule has 0 saturated heterocycles. The second-order valence-electron chi connectivity index (χ2n) is 4.10. The summed E-state index contributed by atoms with van der Waals surface area (Å²) in [5.74, 6) is 0.0211. The van der Waals surface area contributed by atoms with Crippen molar-refractivity contribution in [1.82, 2.24) is 15.0 Å². The molecule has 3 rings (SSSR count). The monoisotopic (exact) mass is 269 g/mol. The minimum absolute atomic E-state index is 0.0211. The van der Waals surface area contributed by atoms with E-state index in [1.807, 2.05) is 30.3 Å². The van der Waals surface area contributed by atoms with Crippen LogP contribution < -0.4 is 0 Å². The Morgan fingerprint density at radius 1 is 1.21 bits per heavy atom. The molecule has 0 saturated carbocycles. The highest BCUT2D eigenvalue weighted by atomic mass is 32.2. The summed E-state index contributed by atoms with van der Waals surface area (Å²) in [7, 11) is 0. The van der Waals surface area contributed by atoms with Crippen LogP contribution in [0.2, 0.25) is 0 Å². The summed E-state index contributed by atoms with van der Waals surface area (Å²) in [5, 5.41) is 1.60. The minimum atomic E-state index is 0.0211. The predicted molar refractivity (Wildman–Crippen MR) is 74.5 cm³/mol. The third-order valence-electron chi connectivity index (χ3n) is 2.71. The fourth-order valence-electron chi connectivity index (χ4n) is 1.73. The number of nitrogens with one attached hydrogen (secondary N) is 1. The number of carbonyl (C=O) groups is 1. The van der Waals surface area contributed by atoms with Crippen molar-refractivity contribution in [3.8, 4) is 0 Å². The Kier molecular flexibility index (Phi) is 3.05. The van der Waals surface area contributed by atoms with Crippen molar-refractivity contribution in [2.75, 3.05) is 0 Å². The molecule has 3 aromatic rings. The van der Waals surface area contributed by atoms with Crippen molar-refractivity contribution in [1.29, 1.82) is 0 Å². The van der Waals surface area contributed by atoms with Crippen molar-refractivity contribution >= 4 is 28.6 Å². The van der Waals surface area contributed by atoms with Gasteiger partial charge in [0.15, 0.2) is 10.9 Å². The van der Waals surface area contributed by atoms with Crippen LogP contribution in [0.5, 0.6) is 0 Å². The first kappa shape index (κ1) is 11.9. The molecule has 0 aliphatic carbocycles. The number of aromatic nitrogens is 3. The number of rotatable bonds is 3. The molecule has 94 valence electrons. The van der Waals surface area contributed by atoms with Gasteiger partial charge in [0.2, 0.25) is 0 Å². The molecule has 0 aliphatic heterocycles. The summed E-state index contributed by atoms with van der Waals surface area (Å²) in [4.78, 5) is 23.1. The van der Waals surface area contributed by atoms with Crippen LogP contribution in [0.3, 0.4) is 0 Å². The van der Waals surface area contributed by atoms with Gasteiger partial charge in [0.1, 0.15) is 5.03 Å². The largest absolute Gasteiger partial charge is 0.333 e. The van der Waals surface area contributed by atoms with Gasteiger partial charge in [-0.15, -0.1) is 0 Å². The van der Waals surface area contributed by atoms with Crippen molar-refractivity contribution < 1.29 is 4.79 Å². The molecule has 2 heterocycles. The van der Waals surface area contributed by atoms with Gasteiger partial charge in [0.25, 0.3) is 0 Å². The summed E-state index contributed by atoms with van der Waals surface area (Å²) in [6.07, 6.45) is 1.59. The second-order valence-corrected chi connectivity index (χ2v) is 5.11. The molecule has 5 heteroatoms. The Hall–Kier alpha value is -2.14. The SMILES string of the molecule is CC(=O)c1ccc(Sc2nc3ccccc3[nH]2)nc1. The zero-order valence-corrected chi connectivity index (χ0v) is 11.1. The van der Waals surface area contributed by atoms with E-state index in [-0.39, 0.29) is 5.78 Å². The van der Waals surface area contributed by atoms with E-state index in [4.69, 9.17) is 0 Å². The number of para-hydroxylation sites is 2. The Bertz CT molecular complexity index is 701. The van der Waals surface area contributed by atoms with Gasteiger partial charge >= 0.3 is 0 Å². The molecule has 2 aromatic heterocycles. The molecule has 1 aromatic carbocycles. The minimum Gasteiger partial charge on any atom is -0.333 e. The van der Waals surface area contributed by atoms with E-state index >= 15 is 0 Å². The molecule has 0 unspecified atom stereocenters. The van der Waals surface area contributed by atoms with E-state index in [1.54, 1.807) is 12.3 Å². The lowest BCUT2D eigenvalue weighted by molar-refractivity contribution is 0.101. The van der Waals surface area contributed by atoms with Crippen LogP contribution in [0.15, 0.2) is 52.8 Å². The van der Waals surface area contributed by atoms with Crippen molar-refractivity contribution in [2.24, 2.45) is 0 Å². The number of Topliss-reactive ketones (excluding diaryl/α,β-unsaturated/α-hetero) is 1.